The van der Waals surface area contributed by atoms with Crippen LogP contribution in [0.2, 0.25) is 0 Å². The number of benzene rings is 3. The number of hydrogen-bond acceptors (Lipinski definition) is 7. The Bertz CT molecular complexity index is 1190. The number of nitrogen functional groups attached to an aromatic ring is 1. The molecule has 0 heterocycles. The molecule has 0 aromatic heterocycles. The predicted molar refractivity (Wildman–Crippen MR) is 108 cm³/mol. The van der Waals surface area contributed by atoms with Crippen LogP contribution in [0.1, 0.15) is 11.1 Å². The maximum atomic E-state index is 11.6. The minimum absolute atomic E-state index is 0.0112. The van der Waals surface area contributed by atoms with E-state index in [1.54, 1.807) is 31.3 Å². The first kappa shape index (κ1) is 19.7. The summed E-state index contributed by atoms with van der Waals surface area (Å²) in [6.07, 6.45) is 0. The molecule has 3 aromatic rings. The lowest BCUT2D eigenvalue weighted by molar-refractivity contribution is 0.481. The van der Waals surface area contributed by atoms with Crippen molar-refractivity contribution >= 4 is 38.0 Å². The second-order valence-electron chi connectivity index (χ2n) is 6.39. The third-order valence-electron chi connectivity index (χ3n) is 4.21. The van der Waals surface area contributed by atoms with E-state index in [-0.39, 0.29) is 27.7 Å². The summed E-state index contributed by atoms with van der Waals surface area (Å²) in [5.74, 6) is 0.0270. The molecular formula is C19H20N4O4S. The number of aryl methyl sites for hydroxylation is 1. The van der Waals surface area contributed by atoms with Gasteiger partial charge in [0.15, 0.2) is 0 Å². The number of fused-ring (bicyclic) bond motifs is 1. The van der Waals surface area contributed by atoms with Crippen molar-refractivity contribution in [3.63, 3.8) is 0 Å². The molecule has 3 aromatic carbocycles. The van der Waals surface area contributed by atoms with Gasteiger partial charge >= 0.3 is 0 Å². The van der Waals surface area contributed by atoms with E-state index in [1.807, 2.05) is 13.0 Å². The number of phenolic OH excluding ortho intramolecular Hbond substituents is 1. The van der Waals surface area contributed by atoms with Crippen molar-refractivity contribution in [2.75, 3.05) is 12.8 Å². The Balaban J connectivity index is 2.11. The van der Waals surface area contributed by atoms with E-state index in [0.717, 1.165) is 16.5 Å². The van der Waals surface area contributed by atoms with Crippen LogP contribution in [0, 0.1) is 6.92 Å². The van der Waals surface area contributed by atoms with Crippen molar-refractivity contribution < 1.29 is 18.1 Å². The molecule has 0 fully saturated rings. The number of nitrogens with zero attached hydrogens (tertiary/aromatic N) is 2. The van der Waals surface area contributed by atoms with Crippen LogP contribution in [0.3, 0.4) is 0 Å². The van der Waals surface area contributed by atoms with Crippen LogP contribution < -0.4 is 11.1 Å². The number of aromatic hydroxyl groups is 1. The Kier molecular flexibility index (Phi) is 5.32. The van der Waals surface area contributed by atoms with E-state index in [2.05, 4.69) is 15.5 Å². The van der Waals surface area contributed by atoms with E-state index in [4.69, 9.17) is 5.73 Å². The van der Waals surface area contributed by atoms with Crippen molar-refractivity contribution in [2.24, 2.45) is 10.2 Å². The molecule has 0 unspecified atom stereocenters. The highest BCUT2D eigenvalue weighted by Gasteiger charge is 2.16. The van der Waals surface area contributed by atoms with Crippen LogP contribution in [-0.4, -0.2) is 25.1 Å². The lowest BCUT2D eigenvalue weighted by Crippen LogP contribution is -2.06. The fourth-order valence-electron chi connectivity index (χ4n) is 2.97. The third kappa shape index (κ3) is 3.96. The summed E-state index contributed by atoms with van der Waals surface area (Å²) in [6.45, 7) is 2.34. The normalized spacial score (nSPS) is 12.1. The van der Waals surface area contributed by atoms with E-state index < -0.39 is 10.1 Å². The fraction of sp³-hybridized carbons (Fsp3) is 0.158. The Morgan fingerprint density at radius 1 is 1.07 bits per heavy atom. The Hall–Kier alpha value is -3.01. The summed E-state index contributed by atoms with van der Waals surface area (Å²) in [5.41, 5.74) is 8.28. The summed E-state index contributed by atoms with van der Waals surface area (Å²) >= 11 is 0. The van der Waals surface area contributed by atoms with E-state index in [1.165, 1.54) is 12.1 Å². The molecule has 0 atom stereocenters. The molecule has 28 heavy (non-hydrogen) atoms. The van der Waals surface area contributed by atoms with Crippen molar-refractivity contribution in [3.05, 3.63) is 53.6 Å². The molecule has 0 aliphatic rings. The average molecular weight is 400 g/mol. The molecule has 0 radical (unpaired) electrons. The monoisotopic (exact) mass is 400 g/mol. The first-order valence-electron chi connectivity index (χ1n) is 8.39. The second kappa shape index (κ2) is 7.55. The SMILES string of the molecule is CNCc1ccc(S(=O)(=O)O)c(N=Nc2ccc3cc(C)cc(O)c3c2N)c1. The molecule has 0 aliphatic carbocycles. The van der Waals surface area contributed by atoms with Crippen molar-refractivity contribution in [2.45, 2.75) is 18.4 Å². The van der Waals surface area contributed by atoms with Crippen LogP contribution in [0.25, 0.3) is 10.8 Å². The number of anilines is 1. The molecule has 0 spiro atoms. The third-order valence-corrected chi connectivity index (χ3v) is 5.11. The number of nitrogens with one attached hydrogen (secondary N) is 1. The van der Waals surface area contributed by atoms with E-state index >= 15 is 0 Å². The average Bonchev–Trinajstić information content (AvgIpc) is 2.60. The minimum atomic E-state index is -4.47. The van der Waals surface area contributed by atoms with Crippen LogP contribution in [-0.2, 0) is 16.7 Å². The van der Waals surface area contributed by atoms with Gasteiger partial charge in [0.2, 0.25) is 0 Å². The molecule has 8 nitrogen and oxygen atoms in total. The first-order valence-corrected chi connectivity index (χ1v) is 9.83. The molecular weight excluding hydrogens is 380 g/mol. The maximum absolute atomic E-state index is 11.6. The molecule has 9 heteroatoms. The van der Waals surface area contributed by atoms with Gasteiger partial charge in [-0.3, -0.25) is 4.55 Å². The van der Waals surface area contributed by atoms with Gasteiger partial charge in [0.05, 0.1) is 5.69 Å². The van der Waals surface area contributed by atoms with Crippen molar-refractivity contribution in [1.82, 2.24) is 5.32 Å². The maximum Gasteiger partial charge on any atom is 0.296 e. The topological polar surface area (TPSA) is 137 Å². The Morgan fingerprint density at radius 3 is 2.46 bits per heavy atom. The summed E-state index contributed by atoms with van der Waals surface area (Å²) in [5, 5.41) is 22.4. The second-order valence-corrected chi connectivity index (χ2v) is 7.78. The van der Waals surface area contributed by atoms with Gasteiger partial charge in [-0.2, -0.15) is 8.42 Å². The Morgan fingerprint density at radius 2 is 1.79 bits per heavy atom. The molecule has 5 N–H and O–H groups in total. The molecule has 0 saturated heterocycles. The number of nitrogens with two attached hydrogens (primary N) is 1. The number of azo groups is 1. The number of hydrogen-bond donors (Lipinski definition) is 4. The molecule has 0 aliphatic heterocycles. The highest BCUT2D eigenvalue weighted by Crippen LogP contribution is 2.38. The summed E-state index contributed by atoms with van der Waals surface area (Å²) < 4.78 is 32.7. The number of rotatable bonds is 5. The van der Waals surface area contributed by atoms with Gasteiger partial charge in [0.25, 0.3) is 10.1 Å². The van der Waals surface area contributed by atoms with Gasteiger partial charge in [0.1, 0.15) is 22.0 Å². The number of phenols is 1. The van der Waals surface area contributed by atoms with Gasteiger partial charge in [-0.1, -0.05) is 18.2 Å². The van der Waals surface area contributed by atoms with Crippen LogP contribution >= 0.6 is 0 Å². The van der Waals surface area contributed by atoms with Gasteiger partial charge in [-0.25, -0.2) is 0 Å². The standard InChI is InChI=1S/C19H20N4O4S/c1-11-7-13-4-5-14(19(20)18(13)16(24)8-11)22-23-15-9-12(10-21-2)3-6-17(15)28(25,26)27/h3-9,21,24H,10,20H2,1-2H3,(H,25,26,27). The van der Waals surface area contributed by atoms with Gasteiger partial charge in [-0.15, -0.1) is 10.2 Å². The highest BCUT2D eigenvalue weighted by atomic mass is 32.2. The van der Waals surface area contributed by atoms with E-state index in [9.17, 15) is 18.1 Å². The summed E-state index contributed by atoms with van der Waals surface area (Å²) in [4.78, 5) is -0.353. The summed E-state index contributed by atoms with van der Waals surface area (Å²) in [7, 11) is -2.72. The lowest BCUT2D eigenvalue weighted by atomic mass is 10.0. The first-order chi connectivity index (χ1) is 13.2. The lowest BCUT2D eigenvalue weighted by Gasteiger charge is -2.09. The molecule has 146 valence electrons. The zero-order valence-electron chi connectivity index (χ0n) is 15.3. The van der Waals surface area contributed by atoms with Crippen molar-refractivity contribution in [1.29, 1.82) is 0 Å². The summed E-state index contributed by atoms with van der Waals surface area (Å²) in [6, 6.07) is 11.2. The zero-order valence-corrected chi connectivity index (χ0v) is 16.2. The molecule has 0 saturated carbocycles. The van der Waals surface area contributed by atoms with Crippen LogP contribution in [0.5, 0.6) is 5.75 Å². The minimum Gasteiger partial charge on any atom is -0.507 e. The molecule has 0 amide bonds. The fourth-order valence-corrected chi connectivity index (χ4v) is 3.58. The molecule has 3 rings (SSSR count). The molecule has 0 bridgehead atoms. The van der Waals surface area contributed by atoms with Gasteiger partial charge in [0, 0.05) is 11.9 Å². The quantitative estimate of drug-likeness (QED) is 0.292. The highest BCUT2D eigenvalue weighted by molar-refractivity contribution is 7.86. The van der Waals surface area contributed by atoms with Crippen LogP contribution in [0.15, 0.2) is 57.6 Å². The van der Waals surface area contributed by atoms with Gasteiger partial charge in [-0.05, 0) is 54.8 Å². The largest absolute Gasteiger partial charge is 0.507 e. The Labute approximate surface area is 162 Å². The van der Waals surface area contributed by atoms with E-state index in [0.29, 0.717) is 11.9 Å². The van der Waals surface area contributed by atoms with Crippen LogP contribution in [0.4, 0.5) is 17.1 Å². The predicted octanol–water partition coefficient (Wildman–Crippen LogP) is 3.82. The van der Waals surface area contributed by atoms with Gasteiger partial charge < -0.3 is 16.2 Å². The van der Waals surface area contributed by atoms with Crippen molar-refractivity contribution in [3.8, 4) is 5.75 Å². The zero-order chi connectivity index (χ0) is 20.5. The smallest absolute Gasteiger partial charge is 0.296 e.